The van der Waals surface area contributed by atoms with Crippen molar-refractivity contribution < 1.29 is 8.42 Å². The highest BCUT2D eigenvalue weighted by Crippen LogP contribution is 2.41. The summed E-state index contributed by atoms with van der Waals surface area (Å²) in [5.74, 6) is 1.23. The van der Waals surface area contributed by atoms with E-state index in [1.165, 1.54) is 24.0 Å². The molecule has 0 aromatic heterocycles. The van der Waals surface area contributed by atoms with Crippen LogP contribution in [0.25, 0.3) is 0 Å². The number of nitrogens with one attached hydrogen (secondary N) is 2. The van der Waals surface area contributed by atoms with Gasteiger partial charge in [-0.25, -0.2) is 8.42 Å². The van der Waals surface area contributed by atoms with Crippen LogP contribution in [0.1, 0.15) is 50.2 Å². The number of guanidine groups is 1. The Hall–Kier alpha value is -1.56. The Labute approximate surface area is 157 Å². The summed E-state index contributed by atoms with van der Waals surface area (Å²) in [6, 6.07) is 8.78. The van der Waals surface area contributed by atoms with Crippen molar-refractivity contribution in [1.82, 2.24) is 10.6 Å². The lowest BCUT2D eigenvalue weighted by molar-refractivity contribution is 0.451. The van der Waals surface area contributed by atoms with Gasteiger partial charge in [-0.1, -0.05) is 42.7 Å². The SMILES string of the molecule is CCNC(=NCC1(c2cccc(C)c2)CCCC1)NC1CCS(=O)(=O)C1. The summed E-state index contributed by atoms with van der Waals surface area (Å²) < 4.78 is 23.4. The van der Waals surface area contributed by atoms with Gasteiger partial charge in [0.2, 0.25) is 0 Å². The van der Waals surface area contributed by atoms with Crippen LogP contribution in [0.4, 0.5) is 0 Å². The van der Waals surface area contributed by atoms with Crippen LogP contribution in [0, 0.1) is 6.92 Å². The van der Waals surface area contributed by atoms with E-state index in [9.17, 15) is 8.42 Å². The lowest BCUT2D eigenvalue weighted by Crippen LogP contribution is -2.44. The van der Waals surface area contributed by atoms with Gasteiger partial charge in [-0.3, -0.25) is 4.99 Å². The molecule has 2 aliphatic rings. The molecule has 0 radical (unpaired) electrons. The quantitative estimate of drug-likeness (QED) is 0.611. The Morgan fingerprint density at radius 3 is 2.69 bits per heavy atom. The molecule has 1 atom stereocenters. The van der Waals surface area contributed by atoms with Crippen LogP contribution in [-0.4, -0.2) is 45.0 Å². The number of hydrogen-bond donors (Lipinski definition) is 2. The van der Waals surface area contributed by atoms with Crippen LogP contribution in [-0.2, 0) is 15.3 Å². The van der Waals surface area contributed by atoms with Crippen LogP contribution >= 0.6 is 0 Å². The summed E-state index contributed by atoms with van der Waals surface area (Å²) in [5.41, 5.74) is 2.79. The number of rotatable bonds is 5. The molecule has 2 fully saturated rings. The number of sulfone groups is 1. The van der Waals surface area contributed by atoms with Crippen molar-refractivity contribution in [3.05, 3.63) is 35.4 Å². The van der Waals surface area contributed by atoms with Crippen molar-refractivity contribution in [2.24, 2.45) is 4.99 Å². The van der Waals surface area contributed by atoms with Crippen LogP contribution in [0.5, 0.6) is 0 Å². The smallest absolute Gasteiger partial charge is 0.191 e. The van der Waals surface area contributed by atoms with Gasteiger partial charge in [0.15, 0.2) is 15.8 Å². The van der Waals surface area contributed by atoms with Gasteiger partial charge >= 0.3 is 0 Å². The summed E-state index contributed by atoms with van der Waals surface area (Å²) >= 11 is 0. The van der Waals surface area contributed by atoms with E-state index in [0.717, 1.165) is 31.9 Å². The first-order valence-electron chi connectivity index (χ1n) is 9.75. The average molecular weight is 378 g/mol. The summed E-state index contributed by atoms with van der Waals surface area (Å²) in [4.78, 5) is 4.88. The number of nitrogens with zero attached hydrogens (tertiary/aromatic N) is 1. The molecule has 0 spiro atoms. The third kappa shape index (κ3) is 4.58. The molecule has 1 heterocycles. The fourth-order valence-corrected chi connectivity index (χ4v) is 5.89. The van der Waals surface area contributed by atoms with Gasteiger partial charge in [0.1, 0.15) is 0 Å². The van der Waals surface area contributed by atoms with E-state index in [1.807, 2.05) is 6.92 Å². The lowest BCUT2D eigenvalue weighted by atomic mass is 9.78. The van der Waals surface area contributed by atoms with Crippen LogP contribution in [0.2, 0.25) is 0 Å². The number of benzene rings is 1. The standard InChI is InChI=1S/C20H31N3O2S/c1-3-21-19(23-18-9-12-26(24,25)14-18)22-15-20(10-4-5-11-20)17-8-6-7-16(2)13-17/h6-8,13,18H,3-5,9-12,14-15H2,1-2H3,(H2,21,22,23). The van der Waals surface area contributed by atoms with E-state index in [1.54, 1.807) is 0 Å². The molecule has 1 saturated carbocycles. The van der Waals surface area contributed by atoms with Crippen molar-refractivity contribution in [3.8, 4) is 0 Å². The Kier molecular flexibility index (Phi) is 5.90. The van der Waals surface area contributed by atoms with E-state index < -0.39 is 9.84 Å². The second-order valence-corrected chi connectivity index (χ2v) is 10.0. The molecule has 1 aromatic carbocycles. The van der Waals surface area contributed by atoms with Crippen molar-refractivity contribution in [2.45, 2.75) is 57.4 Å². The summed E-state index contributed by atoms with van der Waals surface area (Å²) in [6.45, 7) is 5.68. The normalized spacial score (nSPS) is 24.5. The zero-order chi connectivity index (χ0) is 18.6. The number of aliphatic imine (C=N–C) groups is 1. The third-order valence-corrected chi connectivity index (χ3v) is 7.42. The van der Waals surface area contributed by atoms with Crippen LogP contribution < -0.4 is 10.6 Å². The summed E-state index contributed by atoms with van der Waals surface area (Å²) in [7, 11) is -2.89. The van der Waals surface area contributed by atoms with Gasteiger partial charge in [-0.2, -0.15) is 0 Å². The molecule has 144 valence electrons. The highest BCUT2D eigenvalue weighted by molar-refractivity contribution is 7.91. The van der Waals surface area contributed by atoms with Gasteiger partial charge in [-0.15, -0.1) is 0 Å². The van der Waals surface area contributed by atoms with Crippen molar-refractivity contribution in [1.29, 1.82) is 0 Å². The fraction of sp³-hybridized carbons (Fsp3) is 0.650. The maximum absolute atomic E-state index is 11.7. The molecular formula is C20H31N3O2S. The number of hydrogen-bond acceptors (Lipinski definition) is 3. The van der Waals surface area contributed by atoms with Crippen molar-refractivity contribution >= 4 is 15.8 Å². The Morgan fingerprint density at radius 1 is 1.31 bits per heavy atom. The molecule has 5 nitrogen and oxygen atoms in total. The first-order chi connectivity index (χ1) is 12.4. The predicted octanol–water partition coefficient (Wildman–Crippen LogP) is 2.55. The van der Waals surface area contributed by atoms with E-state index in [4.69, 9.17) is 4.99 Å². The van der Waals surface area contributed by atoms with Gasteiger partial charge in [0, 0.05) is 18.0 Å². The summed E-state index contributed by atoms with van der Waals surface area (Å²) in [5, 5.41) is 6.62. The molecule has 1 aliphatic carbocycles. The fourth-order valence-electron chi connectivity index (χ4n) is 4.22. The molecule has 1 unspecified atom stereocenters. The zero-order valence-corrected chi connectivity index (χ0v) is 16.7. The third-order valence-electron chi connectivity index (χ3n) is 5.65. The van der Waals surface area contributed by atoms with E-state index in [0.29, 0.717) is 6.42 Å². The molecular weight excluding hydrogens is 346 g/mol. The maximum atomic E-state index is 11.7. The molecule has 1 saturated heterocycles. The van der Waals surface area contributed by atoms with Crippen molar-refractivity contribution in [2.75, 3.05) is 24.6 Å². The van der Waals surface area contributed by atoms with Crippen LogP contribution in [0.3, 0.4) is 0 Å². The van der Waals surface area contributed by atoms with Gasteiger partial charge in [0.25, 0.3) is 0 Å². The Bertz CT molecular complexity index is 752. The molecule has 0 amide bonds. The largest absolute Gasteiger partial charge is 0.357 e. The first kappa shape index (κ1) is 19.2. The van der Waals surface area contributed by atoms with Crippen LogP contribution in [0.15, 0.2) is 29.3 Å². The number of aryl methyl sites for hydroxylation is 1. The maximum Gasteiger partial charge on any atom is 0.191 e. The second-order valence-electron chi connectivity index (χ2n) is 7.80. The minimum atomic E-state index is -2.89. The first-order valence-corrected chi connectivity index (χ1v) is 11.6. The minimum Gasteiger partial charge on any atom is -0.357 e. The molecule has 2 N–H and O–H groups in total. The van der Waals surface area contributed by atoms with E-state index in [-0.39, 0.29) is 23.0 Å². The minimum absolute atomic E-state index is 0.0312. The highest BCUT2D eigenvalue weighted by Gasteiger charge is 2.36. The molecule has 6 heteroatoms. The second kappa shape index (κ2) is 7.99. The zero-order valence-electron chi connectivity index (χ0n) is 15.9. The molecule has 3 rings (SSSR count). The molecule has 1 aliphatic heterocycles. The molecule has 1 aromatic rings. The van der Waals surface area contributed by atoms with E-state index in [2.05, 4.69) is 41.8 Å². The Morgan fingerprint density at radius 2 is 2.08 bits per heavy atom. The predicted molar refractivity (Wildman–Crippen MR) is 107 cm³/mol. The summed E-state index contributed by atoms with van der Waals surface area (Å²) in [6.07, 6.45) is 5.48. The Balaban J connectivity index is 1.76. The molecule has 26 heavy (non-hydrogen) atoms. The average Bonchev–Trinajstić information content (AvgIpc) is 3.20. The molecule has 0 bridgehead atoms. The highest BCUT2D eigenvalue weighted by atomic mass is 32.2. The topological polar surface area (TPSA) is 70.6 Å². The monoisotopic (exact) mass is 377 g/mol. The van der Waals surface area contributed by atoms with Gasteiger partial charge < -0.3 is 10.6 Å². The van der Waals surface area contributed by atoms with Gasteiger partial charge in [0.05, 0.1) is 18.1 Å². The van der Waals surface area contributed by atoms with E-state index >= 15 is 0 Å². The van der Waals surface area contributed by atoms with Gasteiger partial charge in [-0.05, 0) is 38.7 Å². The lowest BCUT2D eigenvalue weighted by Gasteiger charge is -2.29. The van der Waals surface area contributed by atoms with Crippen molar-refractivity contribution in [3.63, 3.8) is 0 Å².